The van der Waals surface area contributed by atoms with Gasteiger partial charge >= 0.3 is 0 Å². The first kappa shape index (κ1) is 15.4. The molecule has 1 aliphatic heterocycles. The first-order valence-corrected chi connectivity index (χ1v) is 8.63. The highest BCUT2D eigenvalue weighted by molar-refractivity contribution is 7.89. The van der Waals surface area contributed by atoms with Crippen molar-refractivity contribution in [2.75, 3.05) is 25.9 Å². The van der Waals surface area contributed by atoms with Gasteiger partial charge in [-0.3, -0.25) is 4.98 Å². The number of pyridine rings is 1. The summed E-state index contributed by atoms with van der Waals surface area (Å²) < 4.78 is 26.3. The third-order valence-electron chi connectivity index (χ3n) is 4.17. The van der Waals surface area contributed by atoms with Crippen LogP contribution in [0.25, 0.3) is 0 Å². The van der Waals surface area contributed by atoms with Crippen molar-refractivity contribution in [1.29, 1.82) is 0 Å². The summed E-state index contributed by atoms with van der Waals surface area (Å²) in [4.78, 5) is 4.17. The van der Waals surface area contributed by atoms with Crippen LogP contribution in [-0.2, 0) is 16.4 Å². The number of piperidine rings is 1. The van der Waals surface area contributed by atoms with Gasteiger partial charge < -0.3 is 5.32 Å². The number of aromatic nitrogens is 1. The molecule has 1 N–H and O–H groups in total. The Balaban J connectivity index is 1.92. The van der Waals surface area contributed by atoms with Crippen LogP contribution < -0.4 is 5.32 Å². The number of hydrogen-bond acceptors (Lipinski definition) is 4. The number of nitrogens with zero attached hydrogens (tertiary/aromatic N) is 2. The minimum atomic E-state index is -3.17. The number of sulfonamides is 1. The van der Waals surface area contributed by atoms with Crippen LogP contribution in [0.3, 0.4) is 0 Å². The van der Waals surface area contributed by atoms with Crippen LogP contribution in [0.4, 0.5) is 0 Å². The minimum Gasteiger partial charge on any atom is -0.314 e. The van der Waals surface area contributed by atoms with Gasteiger partial charge in [-0.25, -0.2) is 12.7 Å². The molecule has 5 nitrogen and oxygen atoms in total. The average molecular weight is 297 g/mol. The Kier molecular flexibility index (Phi) is 4.78. The molecule has 0 bridgehead atoms. The second kappa shape index (κ2) is 6.20. The van der Waals surface area contributed by atoms with E-state index in [9.17, 15) is 8.42 Å². The van der Waals surface area contributed by atoms with E-state index in [2.05, 4.69) is 17.2 Å². The Morgan fingerprint density at radius 1 is 1.35 bits per heavy atom. The van der Waals surface area contributed by atoms with Crippen LogP contribution in [0.15, 0.2) is 24.4 Å². The van der Waals surface area contributed by atoms with E-state index in [0.29, 0.717) is 19.5 Å². The van der Waals surface area contributed by atoms with Crippen LogP contribution in [-0.4, -0.2) is 49.1 Å². The lowest BCUT2D eigenvalue weighted by atomic mass is 9.91. The summed E-state index contributed by atoms with van der Waals surface area (Å²) in [6, 6.07) is 5.58. The Bertz CT molecular complexity index is 523. The molecule has 0 spiro atoms. The monoisotopic (exact) mass is 297 g/mol. The van der Waals surface area contributed by atoms with Gasteiger partial charge in [-0.05, 0) is 38.9 Å². The smallest absolute Gasteiger partial charge is 0.214 e. The first-order valence-electron chi connectivity index (χ1n) is 7.02. The lowest BCUT2D eigenvalue weighted by Gasteiger charge is -2.38. The Morgan fingerprint density at radius 2 is 2.05 bits per heavy atom. The van der Waals surface area contributed by atoms with Crippen LogP contribution in [0, 0.1) is 0 Å². The maximum Gasteiger partial charge on any atom is 0.214 e. The molecule has 2 rings (SSSR count). The molecule has 0 amide bonds. The van der Waals surface area contributed by atoms with Crippen molar-refractivity contribution in [3.05, 3.63) is 30.1 Å². The Morgan fingerprint density at radius 3 is 2.60 bits per heavy atom. The van der Waals surface area contributed by atoms with Crippen molar-refractivity contribution in [3.63, 3.8) is 0 Å². The SMILES string of the molecule is CNC1(C)CCN(S(=O)(=O)CCc2ccccn2)CC1. The van der Waals surface area contributed by atoms with Gasteiger partial charge in [0.1, 0.15) is 0 Å². The van der Waals surface area contributed by atoms with Crippen molar-refractivity contribution in [3.8, 4) is 0 Å². The van der Waals surface area contributed by atoms with Gasteiger partial charge in [0.05, 0.1) is 5.75 Å². The van der Waals surface area contributed by atoms with Crippen molar-refractivity contribution in [1.82, 2.24) is 14.6 Å². The number of hydrogen-bond donors (Lipinski definition) is 1. The van der Waals surface area contributed by atoms with Crippen LogP contribution in [0.2, 0.25) is 0 Å². The highest BCUT2D eigenvalue weighted by Crippen LogP contribution is 2.23. The molecule has 1 aromatic rings. The van der Waals surface area contributed by atoms with Crippen LogP contribution in [0.1, 0.15) is 25.5 Å². The molecular formula is C14H23N3O2S. The first-order chi connectivity index (χ1) is 9.45. The minimum absolute atomic E-state index is 0.0625. The van der Waals surface area contributed by atoms with Gasteiger partial charge in [0, 0.05) is 36.9 Å². The fraction of sp³-hybridized carbons (Fsp3) is 0.643. The third kappa shape index (κ3) is 3.77. The highest BCUT2D eigenvalue weighted by atomic mass is 32.2. The van der Waals surface area contributed by atoms with Crippen LogP contribution in [0.5, 0.6) is 0 Å². The average Bonchev–Trinajstić information content (AvgIpc) is 2.47. The summed E-state index contributed by atoms with van der Waals surface area (Å²) >= 11 is 0. The molecule has 0 unspecified atom stereocenters. The van der Waals surface area contributed by atoms with E-state index in [-0.39, 0.29) is 11.3 Å². The van der Waals surface area contributed by atoms with E-state index < -0.39 is 10.0 Å². The summed E-state index contributed by atoms with van der Waals surface area (Å²) in [6.07, 6.45) is 3.88. The maximum absolute atomic E-state index is 12.3. The number of aryl methyl sites for hydroxylation is 1. The van der Waals surface area contributed by atoms with E-state index in [4.69, 9.17) is 0 Å². The summed E-state index contributed by atoms with van der Waals surface area (Å²) in [5, 5.41) is 3.28. The molecule has 0 radical (unpaired) electrons. The van der Waals surface area contributed by atoms with E-state index in [0.717, 1.165) is 18.5 Å². The van der Waals surface area contributed by atoms with E-state index in [1.165, 1.54) is 0 Å². The molecule has 112 valence electrons. The summed E-state index contributed by atoms with van der Waals surface area (Å²) in [5.41, 5.74) is 0.889. The maximum atomic E-state index is 12.3. The van der Waals surface area contributed by atoms with Gasteiger partial charge in [-0.15, -0.1) is 0 Å². The molecule has 1 fully saturated rings. The second-order valence-electron chi connectivity index (χ2n) is 5.60. The van der Waals surface area contributed by atoms with Gasteiger partial charge in [-0.1, -0.05) is 6.07 Å². The molecule has 20 heavy (non-hydrogen) atoms. The molecule has 0 saturated carbocycles. The van der Waals surface area contributed by atoms with Crippen LogP contribution >= 0.6 is 0 Å². The topological polar surface area (TPSA) is 62.3 Å². The molecule has 0 aromatic carbocycles. The van der Waals surface area contributed by atoms with Gasteiger partial charge in [0.15, 0.2) is 0 Å². The molecule has 0 atom stereocenters. The third-order valence-corrected chi connectivity index (χ3v) is 6.04. The van der Waals surface area contributed by atoms with Crippen molar-refractivity contribution >= 4 is 10.0 Å². The fourth-order valence-electron chi connectivity index (χ4n) is 2.42. The number of nitrogens with one attached hydrogen (secondary N) is 1. The van der Waals surface area contributed by atoms with Gasteiger partial charge in [-0.2, -0.15) is 0 Å². The quantitative estimate of drug-likeness (QED) is 0.882. The van der Waals surface area contributed by atoms with E-state index >= 15 is 0 Å². The zero-order valence-electron chi connectivity index (χ0n) is 12.2. The van der Waals surface area contributed by atoms with Crippen molar-refractivity contribution in [2.45, 2.75) is 31.7 Å². The van der Waals surface area contributed by atoms with E-state index in [1.807, 2.05) is 25.2 Å². The summed E-state index contributed by atoms with van der Waals surface area (Å²) in [6.45, 7) is 3.34. The predicted molar refractivity (Wildman–Crippen MR) is 80.0 cm³/mol. The number of rotatable bonds is 5. The molecule has 1 aromatic heterocycles. The van der Waals surface area contributed by atoms with E-state index in [1.54, 1.807) is 10.5 Å². The normalized spacial score (nSPS) is 19.9. The highest BCUT2D eigenvalue weighted by Gasteiger charge is 2.33. The Hall–Kier alpha value is -0.980. The van der Waals surface area contributed by atoms with Gasteiger partial charge in [0.2, 0.25) is 10.0 Å². The van der Waals surface area contributed by atoms with Gasteiger partial charge in [0.25, 0.3) is 0 Å². The zero-order chi connectivity index (χ0) is 14.6. The second-order valence-corrected chi connectivity index (χ2v) is 7.69. The van der Waals surface area contributed by atoms with Crippen molar-refractivity contribution < 1.29 is 8.42 Å². The molecular weight excluding hydrogens is 274 g/mol. The largest absolute Gasteiger partial charge is 0.314 e. The predicted octanol–water partition coefficient (Wildman–Crippen LogP) is 1.03. The molecule has 6 heteroatoms. The summed E-state index contributed by atoms with van der Waals surface area (Å²) in [7, 11) is -1.24. The molecule has 0 aliphatic carbocycles. The Labute approximate surface area is 121 Å². The lowest BCUT2D eigenvalue weighted by molar-refractivity contribution is 0.219. The molecule has 1 saturated heterocycles. The zero-order valence-corrected chi connectivity index (χ0v) is 13.0. The fourth-order valence-corrected chi connectivity index (χ4v) is 3.88. The van der Waals surface area contributed by atoms with Crippen molar-refractivity contribution in [2.24, 2.45) is 0 Å². The summed E-state index contributed by atoms with van der Waals surface area (Å²) in [5.74, 6) is 0.139. The molecule has 1 aliphatic rings. The standard InChI is InChI=1S/C14H23N3O2S/c1-14(15-2)7-10-17(11-8-14)20(18,19)12-6-13-5-3-4-9-16-13/h3-5,9,15H,6-8,10-12H2,1-2H3. The molecule has 2 heterocycles. The lowest BCUT2D eigenvalue weighted by Crippen LogP contribution is -2.51.